The second kappa shape index (κ2) is 23.5. The van der Waals surface area contributed by atoms with E-state index in [0.717, 1.165) is 25.7 Å². The van der Waals surface area contributed by atoms with Crippen LogP contribution >= 0.6 is 0 Å². The molecule has 0 saturated carbocycles. The van der Waals surface area contributed by atoms with E-state index in [2.05, 4.69) is 31.2 Å². The molecule has 0 aliphatic carbocycles. The van der Waals surface area contributed by atoms with Gasteiger partial charge in [-0.2, -0.15) is 21.0 Å². The van der Waals surface area contributed by atoms with Crippen molar-refractivity contribution in [2.24, 2.45) is 0 Å². The van der Waals surface area contributed by atoms with Gasteiger partial charge < -0.3 is 0 Å². The molecule has 226 valence electrons. The van der Waals surface area contributed by atoms with Crippen LogP contribution in [-0.4, -0.2) is 56.2 Å². The Morgan fingerprint density at radius 1 is 0.500 bits per heavy atom. The van der Waals surface area contributed by atoms with Gasteiger partial charge in [-0.15, -0.1) is 0 Å². The standard InChI is InChI=1S/C28H48N6O4S2/c1-2-3-4-5-10-19-28(39(35,36)33(24-15-6-11-20-29)25-16-7-12-21-30)40(37,38)34(26-17-8-13-22-31)27-18-9-14-23-32/h28H,2-19,24-27H2,1H3. The van der Waals surface area contributed by atoms with Crippen molar-refractivity contribution in [3.63, 3.8) is 0 Å². The summed E-state index contributed by atoms with van der Waals surface area (Å²) in [5, 5.41) is 35.5. The van der Waals surface area contributed by atoms with E-state index in [9.17, 15) is 16.8 Å². The lowest BCUT2D eigenvalue weighted by Gasteiger charge is -2.32. The predicted octanol–water partition coefficient (Wildman–Crippen LogP) is 5.71. The summed E-state index contributed by atoms with van der Waals surface area (Å²) in [5.41, 5.74) is 0. The van der Waals surface area contributed by atoms with Gasteiger partial charge in [0.1, 0.15) is 0 Å². The van der Waals surface area contributed by atoms with E-state index in [1.54, 1.807) is 0 Å². The lowest BCUT2D eigenvalue weighted by Crippen LogP contribution is -2.49. The first-order valence-corrected chi connectivity index (χ1v) is 17.7. The Morgan fingerprint density at radius 3 is 1.12 bits per heavy atom. The first kappa shape index (κ1) is 37.8. The minimum absolute atomic E-state index is 0.00579. The molecule has 0 bridgehead atoms. The van der Waals surface area contributed by atoms with Crippen LogP contribution in [-0.2, 0) is 20.0 Å². The van der Waals surface area contributed by atoms with Gasteiger partial charge in [0.2, 0.25) is 20.0 Å². The van der Waals surface area contributed by atoms with E-state index in [1.807, 2.05) is 0 Å². The van der Waals surface area contributed by atoms with Gasteiger partial charge in [0.25, 0.3) is 0 Å². The summed E-state index contributed by atoms with van der Waals surface area (Å²) in [4.78, 5) is 0. The molecule has 0 aromatic carbocycles. The highest BCUT2D eigenvalue weighted by molar-refractivity contribution is 8.07. The van der Waals surface area contributed by atoms with Crippen molar-refractivity contribution in [2.45, 2.75) is 127 Å². The molecular formula is C28H48N6O4S2. The van der Waals surface area contributed by atoms with Crippen LogP contribution in [0.1, 0.15) is 122 Å². The molecule has 0 aliphatic heterocycles. The van der Waals surface area contributed by atoms with Crippen LogP contribution in [0.5, 0.6) is 0 Å². The van der Waals surface area contributed by atoms with Gasteiger partial charge in [-0.3, -0.25) is 0 Å². The summed E-state index contributed by atoms with van der Waals surface area (Å²) in [5.74, 6) is 0. The van der Waals surface area contributed by atoms with Crippen LogP contribution in [0, 0.1) is 45.3 Å². The maximum Gasteiger partial charge on any atom is 0.232 e. The van der Waals surface area contributed by atoms with Gasteiger partial charge in [0.15, 0.2) is 4.58 Å². The Hall–Kier alpha value is -2.22. The smallest absolute Gasteiger partial charge is 0.211 e. The maximum atomic E-state index is 14.1. The number of rotatable bonds is 26. The molecule has 0 fully saturated rings. The van der Waals surface area contributed by atoms with Crippen molar-refractivity contribution in [2.75, 3.05) is 26.2 Å². The molecule has 0 aromatic rings. The largest absolute Gasteiger partial charge is 0.232 e. The molecule has 0 saturated heterocycles. The second-order valence-corrected chi connectivity index (χ2v) is 14.5. The highest BCUT2D eigenvalue weighted by Crippen LogP contribution is 2.26. The molecule has 0 unspecified atom stereocenters. The number of hydrogen-bond donors (Lipinski definition) is 0. The zero-order valence-electron chi connectivity index (χ0n) is 24.3. The molecule has 0 amide bonds. The van der Waals surface area contributed by atoms with E-state index in [1.165, 1.54) is 8.61 Å². The highest BCUT2D eigenvalue weighted by atomic mass is 32.3. The van der Waals surface area contributed by atoms with Gasteiger partial charge in [-0.05, 0) is 57.8 Å². The Labute approximate surface area is 243 Å². The van der Waals surface area contributed by atoms with Crippen molar-refractivity contribution < 1.29 is 16.8 Å². The van der Waals surface area contributed by atoms with Crippen LogP contribution in [0.4, 0.5) is 0 Å². The second-order valence-electron chi connectivity index (χ2n) is 9.98. The van der Waals surface area contributed by atoms with Crippen molar-refractivity contribution >= 4 is 20.0 Å². The molecule has 0 aromatic heterocycles. The lowest BCUT2D eigenvalue weighted by molar-refractivity contribution is 0.374. The summed E-state index contributed by atoms with van der Waals surface area (Å²) in [6, 6.07) is 8.23. The fourth-order valence-electron chi connectivity index (χ4n) is 4.40. The topological polar surface area (TPSA) is 170 Å². The SMILES string of the molecule is CCCCCCCC(S(=O)(=O)N(CCCCC#N)CCCCC#N)S(=O)(=O)N(CCCCC#N)CCCCC#N. The van der Waals surface area contributed by atoms with E-state index in [4.69, 9.17) is 21.0 Å². The van der Waals surface area contributed by atoms with E-state index in [0.29, 0.717) is 83.5 Å². The van der Waals surface area contributed by atoms with Gasteiger partial charge in [0, 0.05) is 51.9 Å². The van der Waals surface area contributed by atoms with E-state index < -0.39 is 24.6 Å². The first-order valence-electron chi connectivity index (χ1n) is 14.7. The third-order valence-electron chi connectivity index (χ3n) is 6.71. The Bertz CT molecular complexity index is 930. The molecule has 0 aliphatic rings. The Morgan fingerprint density at radius 2 is 0.825 bits per heavy atom. The van der Waals surface area contributed by atoms with Crippen molar-refractivity contribution in [1.82, 2.24) is 8.61 Å². The van der Waals surface area contributed by atoms with Crippen LogP contribution in [0.15, 0.2) is 0 Å². The minimum Gasteiger partial charge on any atom is -0.211 e. The van der Waals surface area contributed by atoms with Gasteiger partial charge >= 0.3 is 0 Å². The first-order chi connectivity index (χ1) is 19.2. The normalized spacial score (nSPS) is 11.8. The molecular weight excluding hydrogens is 548 g/mol. The molecule has 0 heterocycles. The molecule has 10 nitrogen and oxygen atoms in total. The molecule has 0 radical (unpaired) electrons. The monoisotopic (exact) mass is 596 g/mol. The van der Waals surface area contributed by atoms with Crippen molar-refractivity contribution in [3.8, 4) is 24.3 Å². The van der Waals surface area contributed by atoms with E-state index >= 15 is 0 Å². The number of sulfonamides is 2. The van der Waals surface area contributed by atoms with Crippen LogP contribution in [0.25, 0.3) is 0 Å². The molecule has 0 atom stereocenters. The van der Waals surface area contributed by atoms with Gasteiger partial charge in [0.05, 0.1) is 24.3 Å². The fourth-order valence-corrected chi connectivity index (χ4v) is 9.49. The average molecular weight is 597 g/mol. The maximum absolute atomic E-state index is 14.1. The van der Waals surface area contributed by atoms with Gasteiger partial charge in [-0.25, -0.2) is 25.4 Å². The molecule has 0 spiro atoms. The number of hydrogen-bond acceptors (Lipinski definition) is 8. The molecule has 0 N–H and O–H groups in total. The van der Waals surface area contributed by atoms with Crippen LogP contribution in [0.2, 0.25) is 0 Å². The predicted molar refractivity (Wildman–Crippen MR) is 156 cm³/mol. The lowest BCUT2D eigenvalue weighted by atomic mass is 10.1. The zero-order chi connectivity index (χ0) is 30.1. The van der Waals surface area contributed by atoms with E-state index in [-0.39, 0.29) is 32.6 Å². The molecule has 40 heavy (non-hydrogen) atoms. The highest BCUT2D eigenvalue weighted by Gasteiger charge is 2.43. The average Bonchev–Trinajstić information content (AvgIpc) is 2.92. The summed E-state index contributed by atoms with van der Waals surface area (Å²) < 4.78 is 57.2. The summed E-state index contributed by atoms with van der Waals surface area (Å²) in [7, 11) is -8.54. The zero-order valence-corrected chi connectivity index (χ0v) is 25.9. The van der Waals surface area contributed by atoms with Crippen molar-refractivity contribution in [3.05, 3.63) is 0 Å². The van der Waals surface area contributed by atoms with Crippen LogP contribution in [0.3, 0.4) is 0 Å². The molecule has 12 heteroatoms. The van der Waals surface area contributed by atoms with Gasteiger partial charge in [-0.1, -0.05) is 39.0 Å². The quantitative estimate of drug-likeness (QED) is 0.114. The Balaban J connectivity index is 6.22. The Kier molecular flexibility index (Phi) is 22.2. The third-order valence-corrected chi connectivity index (χ3v) is 12.1. The molecule has 0 rings (SSSR count). The number of nitrogens with zero attached hydrogens (tertiary/aromatic N) is 6. The summed E-state index contributed by atoms with van der Waals surface area (Å²) in [6.07, 6.45) is 9.12. The third kappa shape index (κ3) is 15.5. The van der Waals surface area contributed by atoms with Crippen molar-refractivity contribution in [1.29, 1.82) is 21.0 Å². The number of nitriles is 4. The summed E-state index contributed by atoms with van der Waals surface area (Å²) in [6.45, 7) is 2.59. The van der Waals surface area contributed by atoms with Crippen LogP contribution < -0.4 is 0 Å². The minimum atomic E-state index is -4.27. The fraction of sp³-hybridized carbons (Fsp3) is 0.857. The summed E-state index contributed by atoms with van der Waals surface area (Å²) >= 11 is 0. The number of unbranched alkanes of at least 4 members (excludes halogenated alkanes) is 12.